The summed E-state index contributed by atoms with van der Waals surface area (Å²) in [6.07, 6.45) is 5.45. The van der Waals surface area contributed by atoms with Crippen LogP contribution in [0.1, 0.15) is 45.4 Å². The minimum absolute atomic E-state index is 0.185. The Morgan fingerprint density at radius 2 is 2.15 bits per heavy atom. The van der Waals surface area contributed by atoms with E-state index < -0.39 is 0 Å². The van der Waals surface area contributed by atoms with Gasteiger partial charge in [-0.25, -0.2) is 0 Å². The molecular weight excluding hydrogens is 164 g/mol. The Morgan fingerprint density at radius 1 is 1.38 bits per heavy atom. The highest BCUT2D eigenvalue weighted by molar-refractivity contribution is 5.85. The van der Waals surface area contributed by atoms with Crippen molar-refractivity contribution in [3.63, 3.8) is 0 Å². The Balaban J connectivity index is 2.24. The van der Waals surface area contributed by atoms with Crippen molar-refractivity contribution in [1.82, 2.24) is 0 Å². The molecule has 0 saturated heterocycles. The van der Waals surface area contributed by atoms with E-state index in [9.17, 15) is 9.90 Å². The van der Waals surface area contributed by atoms with Crippen molar-refractivity contribution in [2.75, 3.05) is 0 Å². The van der Waals surface area contributed by atoms with E-state index in [1.807, 2.05) is 0 Å². The fourth-order valence-electron chi connectivity index (χ4n) is 3.11. The van der Waals surface area contributed by atoms with Gasteiger partial charge in [0.25, 0.3) is 0 Å². The quantitative estimate of drug-likeness (QED) is 0.621. The monoisotopic (exact) mass is 182 g/mol. The summed E-state index contributed by atoms with van der Waals surface area (Å²) in [5, 5.41) is 9.84. The van der Waals surface area contributed by atoms with Crippen molar-refractivity contribution in [2.45, 2.75) is 51.6 Å². The zero-order valence-corrected chi connectivity index (χ0v) is 8.25. The van der Waals surface area contributed by atoms with E-state index in [1.165, 1.54) is 0 Å². The number of hydrogen-bond acceptors (Lipinski definition) is 2. The molecule has 0 radical (unpaired) electrons. The highest BCUT2D eigenvalue weighted by Gasteiger charge is 2.47. The summed E-state index contributed by atoms with van der Waals surface area (Å²) < 4.78 is 0. The number of aliphatic hydroxyl groups excluding tert-OH is 1. The Bertz CT molecular complexity index is 224. The fourth-order valence-corrected chi connectivity index (χ4v) is 3.11. The lowest BCUT2D eigenvalue weighted by Gasteiger charge is -2.46. The van der Waals surface area contributed by atoms with Gasteiger partial charge in [0, 0.05) is 11.8 Å². The Morgan fingerprint density at radius 3 is 2.85 bits per heavy atom. The predicted octanol–water partition coefficient (Wildman–Crippen LogP) is 1.91. The van der Waals surface area contributed by atoms with Crippen LogP contribution in [0.5, 0.6) is 0 Å². The van der Waals surface area contributed by atoms with Crippen LogP contribution in [0.3, 0.4) is 0 Å². The number of hydrogen-bond donors (Lipinski definition) is 1. The van der Waals surface area contributed by atoms with E-state index in [0.29, 0.717) is 5.78 Å². The molecule has 74 valence electrons. The Hall–Kier alpha value is -0.370. The number of fused-ring (bicyclic) bond motifs is 1. The molecule has 0 aliphatic heterocycles. The topological polar surface area (TPSA) is 37.3 Å². The molecule has 0 bridgehead atoms. The van der Waals surface area contributed by atoms with Crippen molar-refractivity contribution >= 4 is 5.78 Å². The number of ketones is 1. The van der Waals surface area contributed by atoms with Crippen LogP contribution in [0, 0.1) is 11.3 Å². The first-order valence-corrected chi connectivity index (χ1v) is 5.36. The lowest BCUT2D eigenvalue weighted by atomic mass is 9.59. The van der Waals surface area contributed by atoms with Gasteiger partial charge in [0.15, 0.2) is 0 Å². The van der Waals surface area contributed by atoms with Crippen LogP contribution in [0.4, 0.5) is 0 Å². The molecular formula is C11H18O2. The minimum Gasteiger partial charge on any atom is -0.393 e. The molecule has 0 aromatic rings. The smallest absolute Gasteiger partial charge is 0.139 e. The number of carbonyl (C=O) groups is 1. The molecule has 0 spiro atoms. The lowest BCUT2D eigenvalue weighted by Crippen LogP contribution is -2.47. The third-order valence-electron chi connectivity index (χ3n) is 4.03. The van der Waals surface area contributed by atoms with E-state index in [1.54, 1.807) is 0 Å². The second kappa shape index (κ2) is 3.09. The molecule has 2 saturated carbocycles. The molecule has 2 fully saturated rings. The van der Waals surface area contributed by atoms with Gasteiger partial charge in [-0.05, 0) is 38.0 Å². The minimum atomic E-state index is -0.219. The first kappa shape index (κ1) is 9.20. The Labute approximate surface area is 79.3 Å². The van der Waals surface area contributed by atoms with Crippen LogP contribution >= 0.6 is 0 Å². The molecule has 0 aromatic heterocycles. The highest BCUT2D eigenvalue weighted by atomic mass is 16.3. The SMILES string of the molecule is CC12CCCC(O)C1CCCC2=O. The maximum atomic E-state index is 11.8. The van der Waals surface area contributed by atoms with Gasteiger partial charge in [0.05, 0.1) is 6.10 Å². The van der Waals surface area contributed by atoms with E-state index >= 15 is 0 Å². The third-order valence-corrected chi connectivity index (χ3v) is 4.03. The van der Waals surface area contributed by atoms with Crippen LogP contribution in [0.2, 0.25) is 0 Å². The summed E-state index contributed by atoms with van der Waals surface area (Å²) in [7, 11) is 0. The van der Waals surface area contributed by atoms with Gasteiger partial charge < -0.3 is 5.11 Å². The average molecular weight is 182 g/mol. The number of Topliss-reactive ketones (excluding diaryl/α,β-unsaturated/α-hetero) is 1. The van der Waals surface area contributed by atoms with Crippen molar-refractivity contribution in [2.24, 2.45) is 11.3 Å². The molecule has 2 heteroatoms. The van der Waals surface area contributed by atoms with Crippen molar-refractivity contribution in [3.8, 4) is 0 Å². The molecule has 2 aliphatic carbocycles. The molecule has 0 heterocycles. The number of carbonyl (C=O) groups excluding carboxylic acids is 1. The number of rotatable bonds is 0. The van der Waals surface area contributed by atoms with Gasteiger partial charge >= 0.3 is 0 Å². The van der Waals surface area contributed by atoms with Gasteiger partial charge in [0.2, 0.25) is 0 Å². The zero-order valence-electron chi connectivity index (χ0n) is 8.25. The fraction of sp³-hybridized carbons (Fsp3) is 0.909. The van der Waals surface area contributed by atoms with Gasteiger partial charge in [-0.3, -0.25) is 4.79 Å². The largest absolute Gasteiger partial charge is 0.393 e. The second-order valence-corrected chi connectivity index (χ2v) is 4.80. The molecule has 0 amide bonds. The summed E-state index contributed by atoms with van der Waals surface area (Å²) in [4.78, 5) is 11.8. The van der Waals surface area contributed by atoms with Crippen LogP contribution < -0.4 is 0 Å². The maximum absolute atomic E-state index is 11.8. The average Bonchev–Trinajstić information content (AvgIpc) is 2.08. The lowest BCUT2D eigenvalue weighted by molar-refractivity contribution is -0.142. The van der Waals surface area contributed by atoms with Crippen LogP contribution in [0.25, 0.3) is 0 Å². The van der Waals surface area contributed by atoms with Crippen molar-refractivity contribution < 1.29 is 9.90 Å². The van der Waals surface area contributed by atoms with E-state index in [2.05, 4.69) is 6.92 Å². The molecule has 2 nitrogen and oxygen atoms in total. The van der Waals surface area contributed by atoms with Gasteiger partial charge in [-0.2, -0.15) is 0 Å². The highest BCUT2D eigenvalue weighted by Crippen LogP contribution is 2.47. The summed E-state index contributed by atoms with van der Waals surface area (Å²) in [6, 6.07) is 0. The molecule has 1 N–H and O–H groups in total. The zero-order chi connectivity index (χ0) is 9.47. The van der Waals surface area contributed by atoms with Crippen LogP contribution in [-0.4, -0.2) is 17.0 Å². The van der Waals surface area contributed by atoms with Crippen LogP contribution in [0.15, 0.2) is 0 Å². The van der Waals surface area contributed by atoms with Gasteiger partial charge in [-0.1, -0.05) is 6.92 Å². The molecule has 3 unspecified atom stereocenters. The standard InChI is InChI=1S/C11H18O2/c1-11-7-3-5-9(12)8(11)4-2-6-10(11)13/h8-9,12H,2-7H2,1H3. The summed E-state index contributed by atoms with van der Waals surface area (Å²) in [5.41, 5.74) is -0.185. The van der Waals surface area contributed by atoms with E-state index in [4.69, 9.17) is 0 Å². The van der Waals surface area contributed by atoms with Gasteiger partial charge in [0.1, 0.15) is 5.78 Å². The van der Waals surface area contributed by atoms with Gasteiger partial charge in [-0.15, -0.1) is 0 Å². The van der Waals surface area contributed by atoms with Crippen molar-refractivity contribution in [1.29, 1.82) is 0 Å². The first-order chi connectivity index (χ1) is 6.14. The predicted molar refractivity (Wildman–Crippen MR) is 50.3 cm³/mol. The Kier molecular flexibility index (Phi) is 2.18. The first-order valence-electron chi connectivity index (χ1n) is 5.36. The summed E-state index contributed by atoms with van der Waals surface area (Å²) in [6.45, 7) is 2.06. The summed E-state index contributed by atoms with van der Waals surface area (Å²) in [5.74, 6) is 0.644. The summed E-state index contributed by atoms with van der Waals surface area (Å²) >= 11 is 0. The molecule has 2 rings (SSSR count). The second-order valence-electron chi connectivity index (χ2n) is 4.80. The number of aliphatic hydroxyl groups is 1. The molecule has 3 atom stereocenters. The molecule has 2 aliphatic rings. The van der Waals surface area contributed by atoms with Crippen molar-refractivity contribution in [3.05, 3.63) is 0 Å². The third kappa shape index (κ3) is 1.32. The molecule has 13 heavy (non-hydrogen) atoms. The molecule has 0 aromatic carbocycles. The normalized spacial score (nSPS) is 45.8. The maximum Gasteiger partial charge on any atom is 0.139 e. The van der Waals surface area contributed by atoms with E-state index in [0.717, 1.165) is 38.5 Å². The van der Waals surface area contributed by atoms with Crippen LogP contribution in [-0.2, 0) is 4.79 Å². The van der Waals surface area contributed by atoms with E-state index in [-0.39, 0.29) is 17.4 Å².